The predicted molar refractivity (Wildman–Crippen MR) is 47.6 cm³/mol. The van der Waals surface area contributed by atoms with Gasteiger partial charge in [-0.15, -0.1) is 10.2 Å². The molecule has 0 fully saturated rings. The van der Waals surface area contributed by atoms with Crippen LogP contribution in [0, 0.1) is 0 Å². The van der Waals surface area contributed by atoms with Crippen molar-refractivity contribution in [3.05, 3.63) is 17.3 Å². The van der Waals surface area contributed by atoms with Gasteiger partial charge in [-0.2, -0.15) is 0 Å². The summed E-state index contributed by atoms with van der Waals surface area (Å²) in [5, 5.41) is 17.7. The minimum Gasteiger partial charge on any atom is -0.390 e. The zero-order chi connectivity index (χ0) is 10.6. The molecular weight excluding hydrogens is 216 g/mol. The van der Waals surface area contributed by atoms with Gasteiger partial charge in [0.05, 0.1) is 6.54 Å². The third kappa shape index (κ3) is 3.39. The minimum atomic E-state index is -3.17. The van der Waals surface area contributed by atoms with Crippen molar-refractivity contribution >= 4 is 17.4 Å². The molecule has 1 heterocycles. The molecule has 0 aliphatic heterocycles. The Balaban J connectivity index is 2.50. The summed E-state index contributed by atoms with van der Waals surface area (Å²) in [6, 6.07) is 2.84. The quantitative estimate of drug-likeness (QED) is 0.805. The molecule has 0 saturated carbocycles. The molecule has 14 heavy (non-hydrogen) atoms. The summed E-state index contributed by atoms with van der Waals surface area (Å²) in [6.45, 7) is -1.90. The molecular formula is C7H8ClF2N3O. The normalized spacial score (nSPS) is 11.4. The van der Waals surface area contributed by atoms with E-state index in [1.165, 1.54) is 12.1 Å². The second-order valence-electron chi connectivity index (χ2n) is 2.61. The van der Waals surface area contributed by atoms with Crippen LogP contribution in [0.25, 0.3) is 0 Å². The van der Waals surface area contributed by atoms with Crippen molar-refractivity contribution in [1.29, 1.82) is 0 Å². The highest BCUT2D eigenvalue weighted by Gasteiger charge is 2.27. The van der Waals surface area contributed by atoms with Gasteiger partial charge in [0.15, 0.2) is 5.15 Å². The average Bonchev–Trinajstić information content (AvgIpc) is 2.17. The number of nitrogens with zero attached hydrogens (tertiary/aromatic N) is 2. The van der Waals surface area contributed by atoms with E-state index in [2.05, 4.69) is 15.5 Å². The zero-order valence-corrected chi connectivity index (χ0v) is 7.80. The Kier molecular flexibility index (Phi) is 3.54. The lowest BCUT2D eigenvalue weighted by Gasteiger charge is -2.13. The van der Waals surface area contributed by atoms with Crippen LogP contribution in [0.15, 0.2) is 12.1 Å². The second-order valence-corrected chi connectivity index (χ2v) is 3.00. The summed E-state index contributed by atoms with van der Waals surface area (Å²) in [7, 11) is 0. The van der Waals surface area contributed by atoms with Gasteiger partial charge in [0.2, 0.25) is 0 Å². The molecule has 1 aromatic rings. The van der Waals surface area contributed by atoms with Gasteiger partial charge in [0, 0.05) is 0 Å². The van der Waals surface area contributed by atoms with Gasteiger partial charge in [-0.1, -0.05) is 11.6 Å². The number of nitrogens with one attached hydrogen (secondary N) is 1. The van der Waals surface area contributed by atoms with Gasteiger partial charge in [-0.05, 0) is 12.1 Å². The molecule has 1 aromatic heterocycles. The topological polar surface area (TPSA) is 58.0 Å². The number of aliphatic hydroxyl groups is 1. The highest BCUT2D eigenvalue weighted by molar-refractivity contribution is 6.29. The van der Waals surface area contributed by atoms with Gasteiger partial charge in [0.1, 0.15) is 12.4 Å². The standard InChI is InChI=1S/C7H8ClF2N3O/c8-5-1-2-6(13-12-5)11-3-7(9,10)4-14/h1-2,14H,3-4H2,(H,11,13). The van der Waals surface area contributed by atoms with Crippen molar-refractivity contribution in [2.45, 2.75) is 5.92 Å². The molecule has 0 aromatic carbocycles. The first-order valence-electron chi connectivity index (χ1n) is 3.75. The third-order valence-electron chi connectivity index (χ3n) is 1.39. The molecule has 0 atom stereocenters. The van der Waals surface area contributed by atoms with Gasteiger partial charge in [-0.3, -0.25) is 0 Å². The van der Waals surface area contributed by atoms with Crippen LogP contribution in [0.5, 0.6) is 0 Å². The van der Waals surface area contributed by atoms with Crippen LogP contribution in [0.2, 0.25) is 5.15 Å². The summed E-state index contributed by atoms with van der Waals surface area (Å²) in [5.74, 6) is -2.98. The van der Waals surface area contributed by atoms with Crippen molar-refractivity contribution in [1.82, 2.24) is 10.2 Å². The Morgan fingerprint density at radius 3 is 2.64 bits per heavy atom. The zero-order valence-electron chi connectivity index (χ0n) is 7.04. The highest BCUT2D eigenvalue weighted by Crippen LogP contribution is 2.13. The molecule has 0 saturated heterocycles. The number of alkyl halides is 2. The third-order valence-corrected chi connectivity index (χ3v) is 1.59. The number of anilines is 1. The molecule has 1 rings (SSSR count). The summed E-state index contributed by atoms with van der Waals surface area (Å²) in [4.78, 5) is 0. The molecule has 0 radical (unpaired) electrons. The largest absolute Gasteiger partial charge is 0.390 e. The maximum atomic E-state index is 12.5. The van der Waals surface area contributed by atoms with Crippen molar-refractivity contribution in [3.63, 3.8) is 0 Å². The molecule has 0 aliphatic carbocycles. The summed E-state index contributed by atoms with van der Waals surface area (Å²) in [5.41, 5.74) is 0. The Bertz CT molecular complexity index is 293. The SMILES string of the molecule is OCC(F)(F)CNc1ccc(Cl)nn1. The number of aliphatic hydroxyl groups excluding tert-OH is 1. The van der Waals surface area contributed by atoms with Crippen LogP contribution < -0.4 is 5.32 Å². The first kappa shape index (κ1) is 11.1. The van der Waals surface area contributed by atoms with Crippen LogP contribution in [-0.4, -0.2) is 34.4 Å². The minimum absolute atomic E-state index is 0.183. The van der Waals surface area contributed by atoms with E-state index in [0.29, 0.717) is 0 Å². The Morgan fingerprint density at radius 2 is 2.14 bits per heavy atom. The molecule has 0 spiro atoms. The lowest BCUT2D eigenvalue weighted by Crippen LogP contribution is -2.31. The van der Waals surface area contributed by atoms with Crippen LogP contribution in [0.4, 0.5) is 14.6 Å². The van der Waals surface area contributed by atoms with E-state index in [1.807, 2.05) is 0 Å². The second kappa shape index (κ2) is 4.47. The molecule has 0 aliphatic rings. The maximum Gasteiger partial charge on any atom is 0.287 e. The van der Waals surface area contributed by atoms with Gasteiger partial charge < -0.3 is 10.4 Å². The van der Waals surface area contributed by atoms with Crippen LogP contribution in [-0.2, 0) is 0 Å². The Hall–Kier alpha value is -1.01. The molecule has 0 bridgehead atoms. The van der Waals surface area contributed by atoms with Crippen molar-refractivity contribution < 1.29 is 13.9 Å². The van der Waals surface area contributed by atoms with E-state index in [1.54, 1.807) is 0 Å². The smallest absolute Gasteiger partial charge is 0.287 e. The molecule has 4 nitrogen and oxygen atoms in total. The molecule has 0 amide bonds. The molecule has 7 heteroatoms. The van der Waals surface area contributed by atoms with E-state index in [9.17, 15) is 8.78 Å². The lowest BCUT2D eigenvalue weighted by molar-refractivity contribution is -0.0373. The van der Waals surface area contributed by atoms with Crippen molar-refractivity contribution in [3.8, 4) is 0 Å². The summed E-state index contributed by atoms with van der Waals surface area (Å²) in [6.07, 6.45) is 0. The van der Waals surface area contributed by atoms with E-state index in [-0.39, 0.29) is 11.0 Å². The number of hydrogen-bond acceptors (Lipinski definition) is 4. The van der Waals surface area contributed by atoms with Crippen LogP contribution in [0.3, 0.4) is 0 Å². The number of hydrogen-bond donors (Lipinski definition) is 2. The number of halogens is 3. The van der Waals surface area contributed by atoms with E-state index < -0.39 is 19.1 Å². The monoisotopic (exact) mass is 223 g/mol. The number of rotatable bonds is 4. The Labute approximate surface area is 83.9 Å². The van der Waals surface area contributed by atoms with Crippen LogP contribution >= 0.6 is 11.6 Å². The molecule has 0 unspecified atom stereocenters. The van der Waals surface area contributed by atoms with E-state index in [4.69, 9.17) is 16.7 Å². The number of aromatic nitrogens is 2. The fourth-order valence-electron chi connectivity index (χ4n) is 0.686. The predicted octanol–water partition coefficient (Wildman–Crippen LogP) is 1.17. The maximum absolute atomic E-state index is 12.5. The molecule has 78 valence electrons. The first-order valence-corrected chi connectivity index (χ1v) is 4.13. The first-order chi connectivity index (χ1) is 6.53. The fraction of sp³-hybridized carbons (Fsp3) is 0.429. The van der Waals surface area contributed by atoms with Crippen molar-refractivity contribution in [2.75, 3.05) is 18.5 Å². The van der Waals surface area contributed by atoms with Gasteiger partial charge >= 0.3 is 0 Å². The summed E-state index contributed by atoms with van der Waals surface area (Å²) >= 11 is 5.44. The van der Waals surface area contributed by atoms with Crippen molar-refractivity contribution in [2.24, 2.45) is 0 Å². The summed E-state index contributed by atoms with van der Waals surface area (Å²) < 4.78 is 25.1. The van der Waals surface area contributed by atoms with E-state index >= 15 is 0 Å². The van der Waals surface area contributed by atoms with E-state index in [0.717, 1.165) is 0 Å². The Morgan fingerprint density at radius 1 is 1.43 bits per heavy atom. The van der Waals surface area contributed by atoms with Gasteiger partial charge in [-0.25, -0.2) is 8.78 Å². The lowest BCUT2D eigenvalue weighted by atomic mass is 10.3. The highest BCUT2D eigenvalue weighted by atomic mass is 35.5. The van der Waals surface area contributed by atoms with Gasteiger partial charge in [0.25, 0.3) is 5.92 Å². The average molecular weight is 224 g/mol. The molecule has 2 N–H and O–H groups in total. The van der Waals surface area contributed by atoms with Crippen LogP contribution in [0.1, 0.15) is 0 Å². The fourth-order valence-corrected chi connectivity index (χ4v) is 0.787.